The fourth-order valence-electron chi connectivity index (χ4n) is 3.80. The summed E-state index contributed by atoms with van der Waals surface area (Å²) in [4.78, 5) is 8.95. The molecule has 1 aliphatic heterocycles. The molecule has 1 heterocycles. The molecule has 2 aromatic carbocycles. The van der Waals surface area contributed by atoms with Gasteiger partial charge in [0.1, 0.15) is 11.5 Å². The summed E-state index contributed by atoms with van der Waals surface area (Å²) in [6.45, 7) is 3.63. The van der Waals surface area contributed by atoms with Gasteiger partial charge in [-0.25, -0.2) is 0 Å². The van der Waals surface area contributed by atoms with Crippen LogP contribution in [0.25, 0.3) is 0 Å². The maximum atomic E-state index is 5.39. The molecule has 2 N–H and O–H groups in total. The molecule has 0 saturated carbocycles. The van der Waals surface area contributed by atoms with Crippen molar-refractivity contribution in [2.24, 2.45) is 4.99 Å². The number of hydrogen-bond acceptors (Lipinski definition) is 5. The lowest BCUT2D eigenvalue weighted by Crippen LogP contribution is -2.44. The molecule has 0 bridgehead atoms. The van der Waals surface area contributed by atoms with Gasteiger partial charge in [-0.1, -0.05) is 12.1 Å². The Hall–Kier alpha value is -2.20. The van der Waals surface area contributed by atoms with Crippen LogP contribution >= 0.6 is 24.0 Å². The predicted molar refractivity (Wildman–Crippen MR) is 143 cm³/mol. The monoisotopic (exact) mass is 553 g/mol. The van der Waals surface area contributed by atoms with Crippen LogP contribution in [0.3, 0.4) is 0 Å². The van der Waals surface area contributed by atoms with Crippen LogP contribution in [0.5, 0.6) is 11.5 Å². The molecule has 1 saturated heterocycles. The highest BCUT2D eigenvalue weighted by Gasteiger charge is 2.23. The molecule has 0 amide bonds. The Morgan fingerprint density at radius 3 is 2.28 bits per heavy atom. The molecule has 0 aromatic heterocycles. The maximum absolute atomic E-state index is 5.39. The molecule has 2 aromatic rings. The number of aliphatic imine (C=N–C) groups is 1. The summed E-state index contributed by atoms with van der Waals surface area (Å²) >= 11 is 0. The summed E-state index contributed by atoms with van der Waals surface area (Å²) in [6.07, 6.45) is 1.08. The molecule has 1 fully saturated rings. The van der Waals surface area contributed by atoms with Crippen LogP contribution in [0.4, 0.5) is 5.69 Å². The van der Waals surface area contributed by atoms with Gasteiger partial charge in [-0.2, -0.15) is 0 Å². The van der Waals surface area contributed by atoms with Crippen molar-refractivity contribution in [3.05, 3.63) is 53.6 Å². The van der Waals surface area contributed by atoms with Crippen LogP contribution in [0.2, 0.25) is 0 Å². The van der Waals surface area contributed by atoms with Gasteiger partial charge in [0.05, 0.1) is 14.2 Å². The van der Waals surface area contributed by atoms with Crippen molar-refractivity contribution >= 4 is 35.6 Å². The van der Waals surface area contributed by atoms with Crippen molar-refractivity contribution in [2.45, 2.75) is 25.6 Å². The molecule has 7 nitrogen and oxygen atoms in total. The SMILES string of the molecule is CN=C(NCc1ccc(N(C)C)cc1)NC1CCN(Cc2cc(OC)cc(OC)c2)C1.I. The molecule has 1 atom stereocenters. The minimum absolute atomic E-state index is 0. The molecule has 3 rings (SSSR count). The van der Waals surface area contributed by atoms with E-state index < -0.39 is 0 Å². The Balaban J connectivity index is 0.00000363. The van der Waals surface area contributed by atoms with Gasteiger partial charge in [-0.05, 0) is 41.8 Å². The number of rotatable bonds is 8. The van der Waals surface area contributed by atoms with Crippen molar-refractivity contribution in [3.8, 4) is 11.5 Å². The second-order valence-electron chi connectivity index (χ2n) is 8.07. The first-order valence-electron chi connectivity index (χ1n) is 10.7. The fraction of sp³-hybridized carbons (Fsp3) is 0.458. The molecular formula is C24H36IN5O2. The number of guanidine groups is 1. The summed E-state index contributed by atoms with van der Waals surface area (Å²) < 4.78 is 10.8. The zero-order valence-corrected chi connectivity index (χ0v) is 22.1. The van der Waals surface area contributed by atoms with E-state index in [4.69, 9.17) is 9.47 Å². The highest BCUT2D eigenvalue weighted by molar-refractivity contribution is 14.0. The third-order valence-electron chi connectivity index (χ3n) is 5.57. The topological polar surface area (TPSA) is 61.4 Å². The quantitative estimate of drug-likeness (QED) is 0.297. The maximum Gasteiger partial charge on any atom is 0.191 e. The van der Waals surface area contributed by atoms with Crippen molar-refractivity contribution in [1.29, 1.82) is 0 Å². The summed E-state index contributed by atoms with van der Waals surface area (Å²) in [5.41, 5.74) is 3.63. The van der Waals surface area contributed by atoms with Crippen molar-refractivity contribution in [1.82, 2.24) is 15.5 Å². The number of likely N-dealkylation sites (tertiary alicyclic amines) is 1. The average molecular weight is 553 g/mol. The molecule has 1 unspecified atom stereocenters. The predicted octanol–water partition coefficient (Wildman–Crippen LogP) is 3.33. The highest BCUT2D eigenvalue weighted by atomic mass is 127. The zero-order chi connectivity index (χ0) is 22.2. The Morgan fingerprint density at radius 1 is 1.06 bits per heavy atom. The van der Waals surface area contributed by atoms with E-state index in [-0.39, 0.29) is 24.0 Å². The number of methoxy groups -OCH3 is 2. The van der Waals surface area contributed by atoms with Crippen LogP contribution < -0.4 is 25.0 Å². The molecule has 32 heavy (non-hydrogen) atoms. The number of hydrogen-bond donors (Lipinski definition) is 2. The van der Waals surface area contributed by atoms with Crippen molar-refractivity contribution in [3.63, 3.8) is 0 Å². The van der Waals surface area contributed by atoms with Gasteiger partial charge in [0.2, 0.25) is 0 Å². The van der Waals surface area contributed by atoms with Gasteiger partial charge in [0, 0.05) is 65.1 Å². The summed E-state index contributed by atoms with van der Waals surface area (Å²) in [5, 5.41) is 7.00. The Kier molecular flexibility index (Phi) is 10.4. The van der Waals surface area contributed by atoms with E-state index in [1.54, 1.807) is 14.2 Å². The minimum atomic E-state index is 0. The average Bonchev–Trinajstić information content (AvgIpc) is 3.23. The lowest BCUT2D eigenvalue weighted by Gasteiger charge is -2.20. The number of nitrogens with zero attached hydrogens (tertiary/aromatic N) is 3. The summed E-state index contributed by atoms with van der Waals surface area (Å²) in [6, 6.07) is 15.0. The van der Waals surface area contributed by atoms with Gasteiger partial charge in [-0.3, -0.25) is 9.89 Å². The van der Waals surface area contributed by atoms with E-state index >= 15 is 0 Å². The van der Waals surface area contributed by atoms with Crippen LogP contribution in [-0.2, 0) is 13.1 Å². The largest absolute Gasteiger partial charge is 0.497 e. The Bertz CT molecular complexity index is 851. The molecule has 0 aliphatic carbocycles. The smallest absolute Gasteiger partial charge is 0.191 e. The van der Waals surface area contributed by atoms with E-state index in [1.807, 2.05) is 13.1 Å². The number of nitrogens with one attached hydrogen (secondary N) is 2. The minimum Gasteiger partial charge on any atom is -0.497 e. The molecular weight excluding hydrogens is 517 g/mol. The van der Waals surface area contributed by atoms with Gasteiger partial charge in [0.25, 0.3) is 0 Å². The van der Waals surface area contributed by atoms with E-state index in [9.17, 15) is 0 Å². The molecule has 0 radical (unpaired) electrons. The molecule has 0 spiro atoms. The molecule has 8 heteroatoms. The van der Waals surface area contributed by atoms with Gasteiger partial charge in [-0.15, -0.1) is 24.0 Å². The highest BCUT2D eigenvalue weighted by Crippen LogP contribution is 2.24. The third-order valence-corrected chi connectivity index (χ3v) is 5.57. The third kappa shape index (κ3) is 7.44. The van der Waals surface area contributed by atoms with Crippen molar-refractivity contribution < 1.29 is 9.47 Å². The second-order valence-corrected chi connectivity index (χ2v) is 8.07. The number of anilines is 1. The molecule has 176 valence electrons. The fourth-order valence-corrected chi connectivity index (χ4v) is 3.80. The number of benzene rings is 2. The van der Waals surface area contributed by atoms with Gasteiger partial charge < -0.3 is 25.0 Å². The van der Waals surface area contributed by atoms with Crippen LogP contribution in [0.15, 0.2) is 47.5 Å². The standard InChI is InChI=1S/C24H35N5O2.HI/c1-25-24(26-15-18-6-8-21(9-7-18)28(2)3)27-20-10-11-29(17-20)16-19-12-22(30-4)14-23(13-19)31-5;/h6-9,12-14,20H,10-11,15-17H2,1-5H3,(H2,25,26,27);1H. The van der Waals surface area contributed by atoms with E-state index in [1.165, 1.54) is 16.8 Å². The van der Waals surface area contributed by atoms with Crippen LogP contribution in [-0.4, -0.2) is 65.4 Å². The van der Waals surface area contributed by atoms with Crippen LogP contribution in [0.1, 0.15) is 17.5 Å². The van der Waals surface area contributed by atoms with Crippen molar-refractivity contribution in [2.75, 3.05) is 53.4 Å². The number of halogens is 1. The summed E-state index contributed by atoms with van der Waals surface area (Å²) in [5.74, 6) is 2.49. The first-order chi connectivity index (χ1) is 15.0. The lowest BCUT2D eigenvalue weighted by atomic mass is 10.2. The molecule has 1 aliphatic rings. The Morgan fingerprint density at radius 2 is 1.72 bits per heavy atom. The second kappa shape index (κ2) is 12.7. The number of ether oxygens (including phenoxy) is 2. The Labute approximate surface area is 209 Å². The first-order valence-corrected chi connectivity index (χ1v) is 10.7. The summed E-state index contributed by atoms with van der Waals surface area (Å²) in [7, 11) is 9.29. The van der Waals surface area contributed by atoms with Gasteiger partial charge in [0.15, 0.2) is 5.96 Å². The van der Waals surface area contributed by atoms with E-state index in [0.29, 0.717) is 6.04 Å². The van der Waals surface area contributed by atoms with Crippen LogP contribution in [0, 0.1) is 0 Å². The van der Waals surface area contributed by atoms with E-state index in [2.05, 4.69) is 75.9 Å². The van der Waals surface area contributed by atoms with E-state index in [0.717, 1.165) is 50.1 Å². The first kappa shape index (κ1) is 26.1. The zero-order valence-electron chi connectivity index (χ0n) is 19.7. The van der Waals surface area contributed by atoms with Gasteiger partial charge >= 0.3 is 0 Å². The lowest BCUT2D eigenvalue weighted by molar-refractivity contribution is 0.321. The normalized spacial score (nSPS) is 16.3.